The largest absolute Gasteiger partial charge is 0.492 e. The fourth-order valence-electron chi connectivity index (χ4n) is 4.89. The fourth-order valence-corrected chi connectivity index (χ4v) is 4.89. The first-order valence-corrected chi connectivity index (χ1v) is 10.3. The van der Waals surface area contributed by atoms with Crippen molar-refractivity contribution in [3.63, 3.8) is 0 Å². The highest BCUT2D eigenvalue weighted by atomic mass is 19.4. The molecule has 0 amide bonds. The highest BCUT2D eigenvalue weighted by Gasteiger charge is 2.47. The van der Waals surface area contributed by atoms with Gasteiger partial charge in [-0.25, -0.2) is 0 Å². The molecule has 0 radical (unpaired) electrons. The first-order chi connectivity index (χ1) is 14.2. The Kier molecular flexibility index (Phi) is 5.57. The lowest BCUT2D eigenvalue weighted by Crippen LogP contribution is -2.53. The van der Waals surface area contributed by atoms with Crippen LogP contribution in [0.2, 0.25) is 0 Å². The van der Waals surface area contributed by atoms with Crippen molar-refractivity contribution in [2.75, 3.05) is 18.9 Å². The van der Waals surface area contributed by atoms with E-state index in [-0.39, 0.29) is 18.0 Å². The van der Waals surface area contributed by atoms with E-state index < -0.39 is 11.7 Å². The van der Waals surface area contributed by atoms with E-state index in [4.69, 9.17) is 15.2 Å². The Bertz CT molecular complexity index is 855. The van der Waals surface area contributed by atoms with Crippen molar-refractivity contribution in [1.82, 2.24) is 4.90 Å². The van der Waals surface area contributed by atoms with Gasteiger partial charge in [0.15, 0.2) is 0 Å². The Labute approximate surface area is 174 Å². The Morgan fingerprint density at radius 1 is 1.03 bits per heavy atom. The molecule has 0 spiro atoms. The van der Waals surface area contributed by atoms with E-state index >= 15 is 0 Å². The average Bonchev–Trinajstić information content (AvgIpc) is 2.94. The lowest BCUT2D eigenvalue weighted by Gasteiger charge is -2.44. The van der Waals surface area contributed by atoms with E-state index in [9.17, 15) is 13.2 Å². The molecule has 0 saturated carbocycles. The van der Waals surface area contributed by atoms with Gasteiger partial charge in [0.25, 0.3) is 0 Å². The van der Waals surface area contributed by atoms with Gasteiger partial charge in [0.2, 0.25) is 0 Å². The number of nitrogens with zero attached hydrogens (tertiary/aromatic N) is 1. The standard InChI is InChI=1S/C23H27F3N2O2/c1-22(30-19-10-6-16(27)7-11-19)14-17-8-9-18(15-22)28(17)12-13-29-21-5-3-2-4-20(21)23(24,25)26/h2-7,10-11,17-18H,8-9,12-15,27H2,1H3. The molecule has 2 bridgehead atoms. The van der Waals surface area contributed by atoms with Crippen LogP contribution >= 0.6 is 0 Å². The second-order valence-corrected chi connectivity index (χ2v) is 8.49. The van der Waals surface area contributed by atoms with E-state index in [2.05, 4.69) is 11.8 Å². The van der Waals surface area contributed by atoms with Gasteiger partial charge in [0.1, 0.15) is 23.7 Å². The monoisotopic (exact) mass is 420 g/mol. The number of nitrogen functional groups attached to an aromatic ring is 1. The zero-order valence-corrected chi connectivity index (χ0v) is 17.0. The molecule has 2 saturated heterocycles. The average molecular weight is 420 g/mol. The SMILES string of the molecule is CC1(Oc2ccc(N)cc2)CC2CCC(C1)N2CCOc1ccccc1C(F)(F)F. The first-order valence-electron chi connectivity index (χ1n) is 10.3. The van der Waals surface area contributed by atoms with Crippen LogP contribution in [-0.4, -0.2) is 35.7 Å². The molecule has 0 aliphatic carbocycles. The van der Waals surface area contributed by atoms with E-state index in [0.29, 0.717) is 24.3 Å². The molecule has 2 unspecified atom stereocenters. The third-order valence-corrected chi connectivity index (χ3v) is 6.15. The Balaban J connectivity index is 1.35. The number of fused-ring (bicyclic) bond motifs is 2. The Morgan fingerprint density at radius 3 is 2.30 bits per heavy atom. The molecule has 2 fully saturated rings. The second kappa shape index (κ2) is 8.02. The summed E-state index contributed by atoms with van der Waals surface area (Å²) in [5, 5.41) is 0. The van der Waals surface area contributed by atoms with Crippen LogP contribution in [0.5, 0.6) is 11.5 Å². The normalized spacial score (nSPS) is 26.5. The van der Waals surface area contributed by atoms with Crippen molar-refractivity contribution in [3.05, 3.63) is 54.1 Å². The van der Waals surface area contributed by atoms with Gasteiger partial charge in [0.05, 0.1) is 5.56 Å². The van der Waals surface area contributed by atoms with Crippen molar-refractivity contribution >= 4 is 5.69 Å². The molecule has 2 aliphatic rings. The third-order valence-electron chi connectivity index (χ3n) is 6.15. The number of ether oxygens (including phenoxy) is 2. The molecule has 2 aromatic rings. The zero-order chi connectivity index (χ0) is 21.4. The second-order valence-electron chi connectivity index (χ2n) is 8.49. The highest BCUT2D eigenvalue weighted by molar-refractivity contribution is 5.41. The van der Waals surface area contributed by atoms with Crippen molar-refractivity contribution in [1.29, 1.82) is 0 Å². The van der Waals surface area contributed by atoms with Gasteiger partial charge in [-0.15, -0.1) is 0 Å². The van der Waals surface area contributed by atoms with Crippen molar-refractivity contribution in [2.45, 2.75) is 56.5 Å². The molecule has 4 nitrogen and oxygen atoms in total. The number of benzene rings is 2. The summed E-state index contributed by atoms with van der Waals surface area (Å²) < 4.78 is 51.3. The van der Waals surface area contributed by atoms with Crippen LogP contribution in [0.1, 0.15) is 38.2 Å². The number of hydrogen-bond acceptors (Lipinski definition) is 4. The van der Waals surface area contributed by atoms with Gasteiger partial charge in [-0.1, -0.05) is 12.1 Å². The minimum absolute atomic E-state index is 0.106. The van der Waals surface area contributed by atoms with Gasteiger partial charge in [-0.05, 0) is 56.2 Å². The highest BCUT2D eigenvalue weighted by Crippen LogP contribution is 2.43. The van der Waals surface area contributed by atoms with Gasteiger partial charge >= 0.3 is 6.18 Å². The number of alkyl halides is 3. The summed E-state index contributed by atoms with van der Waals surface area (Å²) in [5.74, 6) is 0.706. The fraction of sp³-hybridized carbons (Fsp3) is 0.478. The quantitative estimate of drug-likeness (QED) is 0.658. The predicted octanol–water partition coefficient (Wildman–Crippen LogP) is 5.13. The Hall–Kier alpha value is -2.41. The molecule has 30 heavy (non-hydrogen) atoms. The lowest BCUT2D eigenvalue weighted by molar-refractivity contribution is -0.139. The van der Waals surface area contributed by atoms with E-state index in [1.54, 1.807) is 6.07 Å². The van der Waals surface area contributed by atoms with E-state index in [1.165, 1.54) is 12.1 Å². The molecule has 2 aliphatic heterocycles. The van der Waals surface area contributed by atoms with Crippen LogP contribution < -0.4 is 15.2 Å². The molecule has 2 heterocycles. The first kappa shape index (κ1) is 20.8. The summed E-state index contributed by atoms with van der Waals surface area (Å²) in [6.07, 6.45) is -0.503. The van der Waals surface area contributed by atoms with E-state index in [0.717, 1.165) is 37.5 Å². The molecule has 4 rings (SSSR count). The van der Waals surface area contributed by atoms with Crippen LogP contribution in [0.25, 0.3) is 0 Å². The van der Waals surface area contributed by atoms with Gasteiger partial charge in [-0.3, -0.25) is 4.90 Å². The number of para-hydroxylation sites is 1. The number of nitrogens with two attached hydrogens (primary N) is 1. The molecule has 2 aromatic carbocycles. The minimum Gasteiger partial charge on any atom is -0.492 e. The Morgan fingerprint density at radius 2 is 1.67 bits per heavy atom. The van der Waals surface area contributed by atoms with Crippen molar-refractivity contribution < 1.29 is 22.6 Å². The van der Waals surface area contributed by atoms with Crippen LogP contribution in [0.4, 0.5) is 18.9 Å². The molecular weight excluding hydrogens is 393 g/mol. The molecule has 162 valence electrons. The van der Waals surface area contributed by atoms with Crippen LogP contribution in [0, 0.1) is 0 Å². The smallest absolute Gasteiger partial charge is 0.419 e. The molecule has 7 heteroatoms. The number of hydrogen-bond donors (Lipinski definition) is 1. The third kappa shape index (κ3) is 4.51. The van der Waals surface area contributed by atoms with Gasteiger partial charge in [0, 0.05) is 37.2 Å². The number of rotatable bonds is 6. The molecule has 0 aromatic heterocycles. The lowest BCUT2D eigenvalue weighted by atomic mass is 9.87. The molecular formula is C23H27F3N2O2. The van der Waals surface area contributed by atoms with E-state index in [1.807, 2.05) is 24.3 Å². The number of halogens is 3. The summed E-state index contributed by atoms with van der Waals surface area (Å²) in [7, 11) is 0. The maximum Gasteiger partial charge on any atom is 0.419 e. The van der Waals surface area contributed by atoms with Crippen LogP contribution in [-0.2, 0) is 6.18 Å². The number of anilines is 1. The maximum absolute atomic E-state index is 13.1. The topological polar surface area (TPSA) is 47.7 Å². The summed E-state index contributed by atoms with van der Waals surface area (Å²) >= 11 is 0. The summed E-state index contributed by atoms with van der Waals surface area (Å²) in [5.41, 5.74) is 5.47. The maximum atomic E-state index is 13.1. The predicted molar refractivity (Wildman–Crippen MR) is 110 cm³/mol. The van der Waals surface area contributed by atoms with Crippen LogP contribution in [0.15, 0.2) is 48.5 Å². The summed E-state index contributed by atoms with van der Waals surface area (Å²) in [6.45, 7) is 2.98. The van der Waals surface area contributed by atoms with Gasteiger partial charge in [-0.2, -0.15) is 13.2 Å². The molecule has 2 atom stereocenters. The van der Waals surface area contributed by atoms with Gasteiger partial charge < -0.3 is 15.2 Å². The molecule has 2 N–H and O–H groups in total. The van der Waals surface area contributed by atoms with Crippen molar-refractivity contribution in [3.8, 4) is 11.5 Å². The van der Waals surface area contributed by atoms with Crippen molar-refractivity contribution in [2.24, 2.45) is 0 Å². The zero-order valence-electron chi connectivity index (χ0n) is 17.0. The number of piperidine rings is 1. The summed E-state index contributed by atoms with van der Waals surface area (Å²) in [4.78, 5) is 2.38. The minimum atomic E-state index is -4.41. The van der Waals surface area contributed by atoms with Crippen LogP contribution in [0.3, 0.4) is 0 Å². The summed E-state index contributed by atoms with van der Waals surface area (Å²) in [6, 6.07) is 13.5.